The van der Waals surface area contributed by atoms with Crippen molar-refractivity contribution < 1.29 is 26.7 Å². The summed E-state index contributed by atoms with van der Waals surface area (Å²) in [5.74, 6) is -1.56. The van der Waals surface area contributed by atoms with E-state index in [-0.39, 0.29) is 16.3 Å². The molecule has 5 nitrogen and oxygen atoms in total. The van der Waals surface area contributed by atoms with Crippen LogP contribution in [0.2, 0.25) is 0 Å². The summed E-state index contributed by atoms with van der Waals surface area (Å²) < 4.78 is 62.5. The molecule has 8 heteroatoms. The molecule has 0 bridgehead atoms. The zero-order valence-electron chi connectivity index (χ0n) is 12.7. The molecule has 23 heavy (non-hydrogen) atoms. The minimum Gasteiger partial charge on any atom is -0.493 e. The second kappa shape index (κ2) is 6.41. The Morgan fingerprint density at radius 1 is 0.913 bits per heavy atom. The molecule has 0 saturated carbocycles. The Morgan fingerprint density at radius 2 is 1.57 bits per heavy atom. The molecule has 2 aromatic carbocycles. The Hall–Kier alpha value is -2.35. The van der Waals surface area contributed by atoms with Crippen LogP contribution in [0, 0.1) is 11.6 Å². The lowest BCUT2D eigenvalue weighted by Gasteiger charge is -2.20. The van der Waals surface area contributed by atoms with Gasteiger partial charge in [-0.15, -0.1) is 0 Å². The number of ether oxygens (including phenoxy) is 2. The average Bonchev–Trinajstić information content (AvgIpc) is 2.55. The van der Waals surface area contributed by atoms with Crippen LogP contribution >= 0.6 is 0 Å². The number of methoxy groups -OCH3 is 2. The van der Waals surface area contributed by atoms with Crippen molar-refractivity contribution in [2.75, 3.05) is 25.6 Å². The summed E-state index contributed by atoms with van der Waals surface area (Å²) in [5, 5.41) is 0. The number of anilines is 1. The maximum atomic E-state index is 13.3. The van der Waals surface area contributed by atoms with Crippen LogP contribution in [0.5, 0.6) is 11.5 Å². The first-order chi connectivity index (χ1) is 10.8. The normalized spacial score (nSPS) is 11.2. The van der Waals surface area contributed by atoms with E-state index >= 15 is 0 Å². The summed E-state index contributed by atoms with van der Waals surface area (Å²) in [6.45, 7) is 0. The van der Waals surface area contributed by atoms with Crippen LogP contribution in [0.3, 0.4) is 0 Å². The molecule has 2 aromatic rings. The van der Waals surface area contributed by atoms with E-state index in [1.807, 2.05) is 0 Å². The van der Waals surface area contributed by atoms with Gasteiger partial charge in [-0.25, -0.2) is 17.2 Å². The summed E-state index contributed by atoms with van der Waals surface area (Å²) >= 11 is 0. The number of sulfonamides is 1. The lowest BCUT2D eigenvalue weighted by atomic mass is 10.3. The van der Waals surface area contributed by atoms with Crippen molar-refractivity contribution in [2.45, 2.75) is 4.90 Å². The maximum Gasteiger partial charge on any atom is 0.264 e. The van der Waals surface area contributed by atoms with Gasteiger partial charge in [0.2, 0.25) is 0 Å². The van der Waals surface area contributed by atoms with E-state index in [1.165, 1.54) is 45.5 Å². The largest absolute Gasteiger partial charge is 0.493 e. The van der Waals surface area contributed by atoms with Gasteiger partial charge in [0.15, 0.2) is 23.1 Å². The molecule has 0 saturated heterocycles. The Morgan fingerprint density at radius 3 is 2.13 bits per heavy atom. The van der Waals surface area contributed by atoms with Gasteiger partial charge < -0.3 is 9.47 Å². The van der Waals surface area contributed by atoms with Gasteiger partial charge in [-0.3, -0.25) is 4.31 Å². The van der Waals surface area contributed by atoms with E-state index in [1.54, 1.807) is 0 Å². The fourth-order valence-corrected chi connectivity index (χ4v) is 3.16. The summed E-state index contributed by atoms with van der Waals surface area (Å²) in [4.78, 5) is -0.0672. The molecule has 0 amide bonds. The smallest absolute Gasteiger partial charge is 0.264 e. The van der Waals surface area contributed by atoms with Gasteiger partial charge in [0.05, 0.1) is 24.8 Å². The average molecular weight is 343 g/mol. The SMILES string of the molecule is COc1ccc(S(=O)(=O)N(C)c2ccc(F)c(F)c2)cc1OC. The van der Waals surface area contributed by atoms with Crippen molar-refractivity contribution >= 4 is 15.7 Å². The van der Waals surface area contributed by atoms with Crippen molar-refractivity contribution in [1.82, 2.24) is 0 Å². The first-order valence-corrected chi connectivity index (χ1v) is 7.91. The van der Waals surface area contributed by atoms with Gasteiger partial charge in [-0.05, 0) is 24.3 Å². The number of benzene rings is 2. The molecule has 124 valence electrons. The van der Waals surface area contributed by atoms with Crippen LogP contribution in [-0.2, 0) is 10.0 Å². The van der Waals surface area contributed by atoms with Crippen molar-refractivity contribution in [2.24, 2.45) is 0 Å². The van der Waals surface area contributed by atoms with Crippen molar-refractivity contribution in [3.63, 3.8) is 0 Å². The number of nitrogens with zero attached hydrogens (tertiary/aromatic N) is 1. The van der Waals surface area contributed by atoms with Gasteiger partial charge in [-0.2, -0.15) is 0 Å². The fraction of sp³-hybridized carbons (Fsp3) is 0.200. The van der Waals surface area contributed by atoms with Crippen LogP contribution in [0.4, 0.5) is 14.5 Å². The molecule has 0 aromatic heterocycles. The first kappa shape index (κ1) is 17.0. The van der Waals surface area contributed by atoms with E-state index in [9.17, 15) is 17.2 Å². The predicted molar refractivity (Wildman–Crippen MR) is 81.5 cm³/mol. The second-order valence-electron chi connectivity index (χ2n) is 4.59. The highest BCUT2D eigenvalue weighted by molar-refractivity contribution is 7.92. The molecule has 0 atom stereocenters. The third-order valence-electron chi connectivity index (χ3n) is 3.28. The third-order valence-corrected chi connectivity index (χ3v) is 5.06. The summed E-state index contributed by atoms with van der Waals surface area (Å²) in [5.41, 5.74) is -0.00122. The van der Waals surface area contributed by atoms with E-state index in [0.29, 0.717) is 5.75 Å². The molecule has 0 aliphatic rings. The lowest BCUT2D eigenvalue weighted by Crippen LogP contribution is -2.26. The highest BCUT2D eigenvalue weighted by Crippen LogP contribution is 2.31. The monoisotopic (exact) mass is 343 g/mol. The molecule has 0 aliphatic heterocycles. The number of rotatable bonds is 5. The van der Waals surface area contributed by atoms with Crippen LogP contribution in [0.1, 0.15) is 0 Å². The number of halogens is 2. The van der Waals surface area contributed by atoms with Crippen molar-refractivity contribution in [1.29, 1.82) is 0 Å². The number of hydrogen-bond donors (Lipinski definition) is 0. The fourth-order valence-electron chi connectivity index (χ4n) is 1.95. The van der Waals surface area contributed by atoms with E-state index < -0.39 is 21.7 Å². The molecule has 2 rings (SSSR count). The molecular formula is C15H15F2NO4S. The minimum absolute atomic E-state index is 0.00122. The van der Waals surface area contributed by atoms with Crippen LogP contribution < -0.4 is 13.8 Å². The summed E-state index contributed by atoms with van der Waals surface area (Å²) in [6.07, 6.45) is 0. The van der Waals surface area contributed by atoms with Crippen LogP contribution in [0.15, 0.2) is 41.3 Å². The highest BCUT2D eigenvalue weighted by atomic mass is 32.2. The molecule has 0 radical (unpaired) electrons. The van der Waals surface area contributed by atoms with E-state index in [2.05, 4.69) is 0 Å². The van der Waals surface area contributed by atoms with Gasteiger partial charge in [0.25, 0.3) is 10.0 Å². The standard InChI is InChI=1S/C15H15F2NO4S/c1-18(10-4-6-12(16)13(17)8-10)23(19,20)11-5-7-14(21-2)15(9-11)22-3/h4-9H,1-3H3. The van der Waals surface area contributed by atoms with Gasteiger partial charge in [0, 0.05) is 19.2 Å². The van der Waals surface area contributed by atoms with Gasteiger partial charge >= 0.3 is 0 Å². The maximum absolute atomic E-state index is 13.3. The zero-order chi connectivity index (χ0) is 17.2. The van der Waals surface area contributed by atoms with Crippen LogP contribution in [-0.4, -0.2) is 29.7 Å². The first-order valence-electron chi connectivity index (χ1n) is 6.47. The number of hydrogen-bond acceptors (Lipinski definition) is 4. The molecule has 0 fully saturated rings. The predicted octanol–water partition coefficient (Wildman–Crippen LogP) is 2.81. The van der Waals surface area contributed by atoms with Gasteiger partial charge in [0.1, 0.15) is 0 Å². The zero-order valence-corrected chi connectivity index (χ0v) is 13.5. The summed E-state index contributed by atoms with van der Waals surface area (Å²) in [6, 6.07) is 6.94. The minimum atomic E-state index is -3.97. The molecule has 0 aliphatic carbocycles. The third kappa shape index (κ3) is 3.21. The second-order valence-corrected chi connectivity index (χ2v) is 6.56. The summed E-state index contributed by atoms with van der Waals surface area (Å²) in [7, 11) is 0.0904. The highest BCUT2D eigenvalue weighted by Gasteiger charge is 2.23. The molecule has 0 N–H and O–H groups in total. The Balaban J connectivity index is 2.46. The van der Waals surface area contributed by atoms with Crippen molar-refractivity contribution in [3.8, 4) is 11.5 Å². The van der Waals surface area contributed by atoms with E-state index in [4.69, 9.17) is 9.47 Å². The Labute approximate surface area is 133 Å². The van der Waals surface area contributed by atoms with E-state index in [0.717, 1.165) is 16.4 Å². The Kier molecular flexibility index (Phi) is 4.74. The molecule has 0 spiro atoms. The molecular weight excluding hydrogens is 328 g/mol. The lowest BCUT2D eigenvalue weighted by molar-refractivity contribution is 0.354. The van der Waals surface area contributed by atoms with Gasteiger partial charge in [-0.1, -0.05) is 0 Å². The van der Waals surface area contributed by atoms with Crippen LogP contribution in [0.25, 0.3) is 0 Å². The van der Waals surface area contributed by atoms with Crippen molar-refractivity contribution in [3.05, 3.63) is 48.0 Å². The Bertz CT molecular complexity index is 824. The molecule has 0 heterocycles. The topological polar surface area (TPSA) is 55.8 Å². The quantitative estimate of drug-likeness (QED) is 0.838. The molecule has 0 unspecified atom stereocenters.